The molecule has 18 heavy (non-hydrogen) atoms. The quantitative estimate of drug-likeness (QED) is 0.775. The lowest BCUT2D eigenvalue weighted by Crippen LogP contribution is -2.43. The number of benzene rings is 1. The summed E-state index contributed by atoms with van der Waals surface area (Å²) >= 11 is 0. The van der Waals surface area contributed by atoms with Crippen molar-refractivity contribution in [1.29, 1.82) is 5.26 Å². The summed E-state index contributed by atoms with van der Waals surface area (Å²) in [6, 6.07) is 7.46. The Balaban J connectivity index is 1.92. The van der Waals surface area contributed by atoms with Crippen LogP contribution >= 0.6 is 0 Å². The van der Waals surface area contributed by atoms with E-state index in [1.54, 1.807) is 12.1 Å². The minimum absolute atomic E-state index is 0.187. The van der Waals surface area contributed by atoms with E-state index >= 15 is 0 Å². The predicted octanol–water partition coefficient (Wildman–Crippen LogP) is 0.883. The zero-order chi connectivity index (χ0) is 13.0. The number of rotatable bonds is 3. The molecular formula is C13H18N4O. The van der Waals surface area contributed by atoms with Gasteiger partial charge in [-0.3, -0.25) is 0 Å². The monoisotopic (exact) mass is 246 g/mol. The number of nitrogens with two attached hydrogens (primary N) is 1. The van der Waals surface area contributed by atoms with Crippen LogP contribution in [-0.2, 0) is 4.74 Å². The third-order valence-corrected chi connectivity index (χ3v) is 3.05. The fraction of sp³-hybridized carbons (Fsp3) is 0.462. The Hall–Kier alpha value is -1.77. The lowest BCUT2D eigenvalue weighted by atomic mass is 10.1. The Morgan fingerprint density at radius 3 is 3.17 bits per heavy atom. The number of hydrogen-bond donors (Lipinski definition) is 2. The van der Waals surface area contributed by atoms with E-state index in [2.05, 4.69) is 23.3 Å². The van der Waals surface area contributed by atoms with Crippen LogP contribution in [0.2, 0.25) is 0 Å². The van der Waals surface area contributed by atoms with Gasteiger partial charge in [-0.05, 0) is 25.2 Å². The van der Waals surface area contributed by atoms with Gasteiger partial charge in [0.1, 0.15) is 6.07 Å². The Morgan fingerprint density at radius 2 is 2.44 bits per heavy atom. The highest BCUT2D eigenvalue weighted by molar-refractivity contribution is 5.61. The van der Waals surface area contributed by atoms with Crippen LogP contribution in [0.15, 0.2) is 18.2 Å². The van der Waals surface area contributed by atoms with Crippen LogP contribution in [-0.4, -0.2) is 44.3 Å². The SMILES string of the molecule is CN1CCOC(CNc2ccc(N)c(C#N)c2)C1. The van der Waals surface area contributed by atoms with E-state index < -0.39 is 0 Å². The van der Waals surface area contributed by atoms with Crippen LogP contribution in [0.5, 0.6) is 0 Å². The van der Waals surface area contributed by atoms with Gasteiger partial charge in [0, 0.05) is 31.0 Å². The van der Waals surface area contributed by atoms with E-state index in [9.17, 15) is 0 Å². The lowest BCUT2D eigenvalue weighted by Gasteiger charge is -2.30. The van der Waals surface area contributed by atoms with E-state index in [4.69, 9.17) is 15.7 Å². The molecule has 0 aliphatic carbocycles. The largest absolute Gasteiger partial charge is 0.398 e. The van der Waals surface area contributed by atoms with Gasteiger partial charge in [0.25, 0.3) is 0 Å². The van der Waals surface area contributed by atoms with Crippen LogP contribution in [0.1, 0.15) is 5.56 Å². The number of nitrogens with one attached hydrogen (secondary N) is 1. The Kier molecular flexibility index (Phi) is 4.03. The van der Waals surface area contributed by atoms with Crippen molar-refractivity contribution in [3.63, 3.8) is 0 Å². The number of nitriles is 1. The molecule has 0 radical (unpaired) electrons. The summed E-state index contributed by atoms with van der Waals surface area (Å²) in [6.07, 6.45) is 0.187. The Labute approximate surface area is 107 Å². The first-order valence-electron chi connectivity index (χ1n) is 6.02. The number of nitrogen functional groups attached to an aromatic ring is 1. The molecule has 5 heteroatoms. The zero-order valence-corrected chi connectivity index (χ0v) is 10.5. The van der Waals surface area contributed by atoms with Crippen LogP contribution in [0, 0.1) is 11.3 Å². The molecular weight excluding hydrogens is 228 g/mol. The van der Waals surface area contributed by atoms with Crippen molar-refractivity contribution in [2.75, 3.05) is 44.3 Å². The lowest BCUT2D eigenvalue weighted by molar-refractivity contribution is -0.0117. The second kappa shape index (κ2) is 5.71. The molecule has 1 fully saturated rings. The molecule has 1 unspecified atom stereocenters. The van der Waals surface area contributed by atoms with Crippen molar-refractivity contribution in [3.8, 4) is 6.07 Å². The van der Waals surface area contributed by atoms with Crippen molar-refractivity contribution in [1.82, 2.24) is 4.90 Å². The highest BCUT2D eigenvalue weighted by atomic mass is 16.5. The van der Waals surface area contributed by atoms with Gasteiger partial charge in [-0.15, -0.1) is 0 Å². The summed E-state index contributed by atoms with van der Waals surface area (Å²) in [7, 11) is 2.09. The average molecular weight is 246 g/mol. The minimum Gasteiger partial charge on any atom is -0.398 e. The fourth-order valence-electron chi connectivity index (χ4n) is 1.99. The molecule has 96 valence electrons. The van der Waals surface area contributed by atoms with Gasteiger partial charge in [0.05, 0.1) is 18.3 Å². The number of hydrogen-bond acceptors (Lipinski definition) is 5. The summed E-state index contributed by atoms with van der Waals surface area (Å²) in [5.74, 6) is 0. The summed E-state index contributed by atoms with van der Waals surface area (Å²) < 4.78 is 5.66. The minimum atomic E-state index is 0.187. The second-order valence-corrected chi connectivity index (χ2v) is 4.55. The predicted molar refractivity (Wildman–Crippen MR) is 71.3 cm³/mol. The molecule has 1 aromatic carbocycles. The number of anilines is 2. The standard InChI is InChI=1S/C13H18N4O/c1-17-4-5-18-12(9-17)8-16-11-2-3-13(15)10(6-11)7-14/h2-3,6,12,16H,4-5,8-9,15H2,1H3. The summed E-state index contributed by atoms with van der Waals surface area (Å²) in [6.45, 7) is 3.41. The van der Waals surface area contributed by atoms with Crippen molar-refractivity contribution >= 4 is 11.4 Å². The molecule has 1 aromatic rings. The van der Waals surface area contributed by atoms with Gasteiger partial charge in [0.2, 0.25) is 0 Å². The van der Waals surface area contributed by atoms with Crippen LogP contribution in [0.25, 0.3) is 0 Å². The highest BCUT2D eigenvalue weighted by Crippen LogP contribution is 2.17. The van der Waals surface area contributed by atoms with Crippen LogP contribution in [0.3, 0.4) is 0 Å². The molecule has 0 spiro atoms. The third-order valence-electron chi connectivity index (χ3n) is 3.05. The van der Waals surface area contributed by atoms with E-state index in [0.717, 1.165) is 31.9 Å². The van der Waals surface area contributed by atoms with Gasteiger partial charge in [-0.2, -0.15) is 5.26 Å². The molecule has 0 saturated carbocycles. The summed E-state index contributed by atoms with van der Waals surface area (Å²) in [5.41, 5.74) is 7.59. The molecule has 1 aliphatic rings. The van der Waals surface area contributed by atoms with Gasteiger partial charge in [0.15, 0.2) is 0 Å². The van der Waals surface area contributed by atoms with E-state index in [0.29, 0.717) is 11.3 Å². The van der Waals surface area contributed by atoms with E-state index in [-0.39, 0.29) is 6.10 Å². The first-order chi connectivity index (χ1) is 8.69. The van der Waals surface area contributed by atoms with E-state index in [1.807, 2.05) is 6.07 Å². The maximum Gasteiger partial charge on any atom is 0.101 e. The van der Waals surface area contributed by atoms with Crippen LogP contribution < -0.4 is 11.1 Å². The zero-order valence-electron chi connectivity index (χ0n) is 10.5. The molecule has 1 aliphatic heterocycles. The smallest absolute Gasteiger partial charge is 0.101 e. The number of ether oxygens (including phenoxy) is 1. The number of likely N-dealkylation sites (N-methyl/N-ethyl adjacent to an activating group) is 1. The van der Waals surface area contributed by atoms with Crippen molar-refractivity contribution in [2.45, 2.75) is 6.10 Å². The normalized spacial score (nSPS) is 20.3. The van der Waals surface area contributed by atoms with Crippen LogP contribution in [0.4, 0.5) is 11.4 Å². The Morgan fingerprint density at radius 1 is 1.61 bits per heavy atom. The number of nitrogens with zero attached hydrogens (tertiary/aromatic N) is 2. The maximum absolute atomic E-state index is 8.91. The highest BCUT2D eigenvalue weighted by Gasteiger charge is 2.17. The molecule has 5 nitrogen and oxygen atoms in total. The summed E-state index contributed by atoms with van der Waals surface area (Å²) in [5, 5.41) is 12.2. The van der Waals surface area contributed by atoms with Crippen molar-refractivity contribution in [3.05, 3.63) is 23.8 Å². The van der Waals surface area contributed by atoms with Crippen molar-refractivity contribution in [2.24, 2.45) is 0 Å². The molecule has 1 heterocycles. The average Bonchev–Trinajstić information content (AvgIpc) is 2.38. The molecule has 1 atom stereocenters. The maximum atomic E-state index is 8.91. The molecule has 0 aromatic heterocycles. The molecule has 3 N–H and O–H groups in total. The van der Waals surface area contributed by atoms with Crippen molar-refractivity contribution < 1.29 is 4.74 Å². The van der Waals surface area contributed by atoms with Gasteiger partial charge in [-0.25, -0.2) is 0 Å². The summed E-state index contributed by atoms with van der Waals surface area (Å²) in [4.78, 5) is 2.25. The topological polar surface area (TPSA) is 74.3 Å². The Bertz CT molecular complexity index is 455. The molecule has 1 saturated heterocycles. The molecule has 2 rings (SSSR count). The first kappa shape index (κ1) is 12.7. The van der Waals surface area contributed by atoms with Gasteiger partial charge >= 0.3 is 0 Å². The van der Waals surface area contributed by atoms with E-state index in [1.165, 1.54) is 0 Å². The number of morpholine rings is 1. The van der Waals surface area contributed by atoms with Gasteiger partial charge < -0.3 is 20.7 Å². The molecule has 0 bridgehead atoms. The second-order valence-electron chi connectivity index (χ2n) is 4.55. The fourth-order valence-corrected chi connectivity index (χ4v) is 1.99. The molecule has 0 amide bonds. The third kappa shape index (κ3) is 3.13. The first-order valence-corrected chi connectivity index (χ1v) is 6.02. The van der Waals surface area contributed by atoms with Gasteiger partial charge in [-0.1, -0.05) is 0 Å².